The number of methoxy groups -OCH3 is 2. The van der Waals surface area contributed by atoms with Crippen LogP contribution in [-0.4, -0.2) is 55.0 Å². The third-order valence-corrected chi connectivity index (χ3v) is 6.66. The summed E-state index contributed by atoms with van der Waals surface area (Å²) in [4.78, 5) is 41.4. The summed E-state index contributed by atoms with van der Waals surface area (Å²) >= 11 is 12.2. The van der Waals surface area contributed by atoms with Crippen molar-refractivity contribution in [1.29, 1.82) is 0 Å². The van der Waals surface area contributed by atoms with Gasteiger partial charge in [-0.1, -0.05) is 29.3 Å². The van der Waals surface area contributed by atoms with Gasteiger partial charge in [-0.2, -0.15) is 0 Å². The van der Waals surface area contributed by atoms with E-state index in [1.165, 1.54) is 6.07 Å². The monoisotopic (exact) mass is 491 g/mol. The van der Waals surface area contributed by atoms with Crippen LogP contribution in [0.2, 0.25) is 10.0 Å². The molecule has 0 bridgehead atoms. The lowest BCUT2D eigenvalue weighted by molar-refractivity contribution is -0.139. The fourth-order valence-electron chi connectivity index (χ4n) is 4.25. The zero-order valence-corrected chi connectivity index (χ0v) is 19.9. The van der Waals surface area contributed by atoms with Gasteiger partial charge in [-0.25, -0.2) is 4.79 Å². The number of nitrogens with one attached hydrogen (secondary N) is 1. The minimum absolute atomic E-state index is 0.254. The Kier molecular flexibility index (Phi) is 6.16. The lowest BCUT2D eigenvalue weighted by atomic mass is 9.92. The fourth-order valence-corrected chi connectivity index (χ4v) is 4.85. The van der Waals surface area contributed by atoms with E-state index in [0.717, 1.165) is 16.0 Å². The quantitative estimate of drug-likeness (QED) is 0.647. The standard InChI is InChI=1S/C23H23Cl2N3O5/c1-23(16-5-4-15(24)10-17(16)25)21(30)28(22(31)26-23)12-20(29)27-7-6-13-8-18(32-2)19(33-3)9-14(13)11-27/h4-5,8-10H,6-7,11-12H2,1-3H3,(H,26,31)/t23-/m0/s1. The first-order valence-corrected chi connectivity index (χ1v) is 11.0. The zero-order valence-electron chi connectivity index (χ0n) is 18.4. The van der Waals surface area contributed by atoms with Crippen molar-refractivity contribution >= 4 is 41.0 Å². The summed E-state index contributed by atoms with van der Waals surface area (Å²) in [5.74, 6) is 0.338. The third kappa shape index (κ3) is 4.09. The molecule has 0 aliphatic carbocycles. The number of amides is 4. The second kappa shape index (κ2) is 8.76. The van der Waals surface area contributed by atoms with Gasteiger partial charge in [-0.3, -0.25) is 14.5 Å². The number of imide groups is 1. The van der Waals surface area contributed by atoms with Crippen LogP contribution in [0.15, 0.2) is 30.3 Å². The van der Waals surface area contributed by atoms with Gasteiger partial charge in [0.15, 0.2) is 11.5 Å². The summed E-state index contributed by atoms with van der Waals surface area (Å²) in [5.41, 5.74) is 1.02. The number of halogens is 2. The van der Waals surface area contributed by atoms with Crippen molar-refractivity contribution in [2.24, 2.45) is 0 Å². The topological polar surface area (TPSA) is 88.2 Å². The first kappa shape index (κ1) is 23.2. The fraction of sp³-hybridized carbons (Fsp3) is 0.348. The van der Waals surface area contributed by atoms with Crippen molar-refractivity contribution < 1.29 is 23.9 Å². The Morgan fingerprint density at radius 3 is 2.39 bits per heavy atom. The summed E-state index contributed by atoms with van der Waals surface area (Å²) in [6.45, 7) is 2.00. The lowest BCUT2D eigenvalue weighted by Gasteiger charge is -2.30. The van der Waals surface area contributed by atoms with E-state index in [4.69, 9.17) is 32.7 Å². The molecule has 0 saturated carbocycles. The van der Waals surface area contributed by atoms with Crippen LogP contribution in [0.3, 0.4) is 0 Å². The molecule has 0 spiro atoms. The van der Waals surface area contributed by atoms with Crippen molar-refractivity contribution in [3.05, 3.63) is 57.1 Å². The highest BCUT2D eigenvalue weighted by Gasteiger charge is 2.50. The Morgan fingerprint density at radius 2 is 1.76 bits per heavy atom. The highest BCUT2D eigenvalue weighted by atomic mass is 35.5. The average molecular weight is 492 g/mol. The van der Waals surface area contributed by atoms with Crippen LogP contribution in [0.25, 0.3) is 0 Å². The number of urea groups is 1. The zero-order chi connectivity index (χ0) is 23.9. The maximum Gasteiger partial charge on any atom is 0.325 e. The van der Waals surface area contributed by atoms with E-state index in [9.17, 15) is 14.4 Å². The van der Waals surface area contributed by atoms with Crippen LogP contribution in [0.5, 0.6) is 11.5 Å². The molecule has 2 aromatic rings. The molecule has 33 heavy (non-hydrogen) atoms. The van der Waals surface area contributed by atoms with Gasteiger partial charge >= 0.3 is 6.03 Å². The normalized spacial score (nSPS) is 19.9. The van der Waals surface area contributed by atoms with Crippen LogP contribution in [0.1, 0.15) is 23.6 Å². The van der Waals surface area contributed by atoms with Gasteiger partial charge in [0.05, 0.1) is 14.2 Å². The summed E-state index contributed by atoms with van der Waals surface area (Å²) in [6, 6.07) is 7.81. The summed E-state index contributed by atoms with van der Waals surface area (Å²) < 4.78 is 10.7. The van der Waals surface area contributed by atoms with Gasteiger partial charge in [-0.05, 0) is 48.7 Å². The van der Waals surface area contributed by atoms with Crippen molar-refractivity contribution in [1.82, 2.24) is 15.1 Å². The van der Waals surface area contributed by atoms with Crippen LogP contribution in [0.4, 0.5) is 4.79 Å². The van der Waals surface area contributed by atoms with E-state index in [-0.39, 0.29) is 17.5 Å². The minimum atomic E-state index is -1.39. The maximum atomic E-state index is 13.2. The molecule has 10 heteroatoms. The van der Waals surface area contributed by atoms with E-state index < -0.39 is 17.5 Å². The van der Waals surface area contributed by atoms with Crippen molar-refractivity contribution in [3.8, 4) is 11.5 Å². The van der Waals surface area contributed by atoms with Crippen LogP contribution >= 0.6 is 23.2 Å². The Morgan fingerprint density at radius 1 is 1.09 bits per heavy atom. The molecule has 4 rings (SSSR count). The second-order valence-electron chi connectivity index (χ2n) is 8.11. The van der Waals surface area contributed by atoms with E-state index in [0.29, 0.717) is 41.6 Å². The summed E-state index contributed by atoms with van der Waals surface area (Å²) in [5, 5.41) is 3.33. The molecule has 1 saturated heterocycles. The van der Waals surface area contributed by atoms with Gasteiger partial charge in [0.2, 0.25) is 5.91 Å². The molecule has 4 amide bonds. The number of carbonyl (C=O) groups is 3. The molecule has 2 heterocycles. The lowest BCUT2D eigenvalue weighted by Crippen LogP contribution is -2.45. The molecule has 2 aliphatic rings. The van der Waals surface area contributed by atoms with Crippen LogP contribution in [-0.2, 0) is 28.1 Å². The second-order valence-corrected chi connectivity index (χ2v) is 8.96. The maximum absolute atomic E-state index is 13.2. The molecule has 1 N–H and O–H groups in total. The molecule has 2 aliphatic heterocycles. The first-order chi connectivity index (χ1) is 15.7. The molecule has 0 radical (unpaired) electrons. The SMILES string of the molecule is COc1cc2c(cc1OC)CN(C(=O)CN1C(=O)N[C@@](C)(c3ccc(Cl)cc3Cl)C1=O)CC2. The van der Waals surface area contributed by atoms with Crippen LogP contribution < -0.4 is 14.8 Å². The molecule has 2 aromatic carbocycles. The number of hydrogen-bond acceptors (Lipinski definition) is 5. The van der Waals surface area contributed by atoms with Crippen molar-refractivity contribution in [2.45, 2.75) is 25.4 Å². The van der Waals surface area contributed by atoms with Crippen LogP contribution in [0, 0.1) is 0 Å². The van der Waals surface area contributed by atoms with Gasteiger partial charge in [0.25, 0.3) is 5.91 Å². The highest BCUT2D eigenvalue weighted by Crippen LogP contribution is 2.36. The van der Waals surface area contributed by atoms with Gasteiger partial charge < -0.3 is 19.7 Å². The van der Waals surface area contributed by atoms with E-state index in [1.807, 2.05) is 12.1 Å². The van der Waals surface area contributed by atoms with E-state index in [2.05, 4.69) is 5.32 Å². The summed E-state index contributed by atoms with van der Waals surface area (Å²) in [6.07, 6.45) is 0.625. The number of carbonyl (C=O) groups excluding carboxylic acids is 3. The predicted octanol–water partition coefficient (Wildman–Crippen LogP) is 3.36. The number of hydrogen-bond donors (Lipinski definition) is 1. The molecular formula is C23H23Cl2N3O5. The minimum Gasteiger partial charge on any atom is -0.493 e. The Labute approximate surface area is 201 Å². The number of fused-ring (bicyclic) bond motifs is 1. The highest BCUT2D eigenvalue weighted by molar-refractivity contribution is 6.35. The Hall–Kier alpha value is -2.97. The predicted molar refractivity (Wildman–Crippen MR) is 123 cm³/mol. The molecule has 0 aromatic heterocycles. The molecule has 1 fully saturated rings. The number of ether oxygens (including phenoxy) is 2. The Balaban J connectivity index is 1.51. The van der Waals surface area contributed by atoms with Gasteiger partial charge in [-0.15, -0.1) is 0 Å². The number of nitrogens with zero attached hydrogens (tertiary/aromatic N) is 2. The number of benzene rings is 2. The largest absolute Gasteiger partial charge is 0.493 e. The molecular weight excluding hydrogens is 469 g/mol. The third-order valence-electron chi connectivity index (χ3n) is 6.11. The van der Waals surface area contributed by atoms with Crippen molar-refractivity contribution in [3.63, 3.8) is 0 Å². The molecule has 1 atom stereocenters. The smallest absolute Gasteiger partial charge is 0.325 e. The number of rotatable bonds is 5. The van der Waals surface area contributed by atoms with E-state index >= 15 is 0 Å². The van der Waals surface area contributed by atoms with E-state index in [1.54, 1.807) is 38.2 Å². The van der Waals surface area contributed by atoms with Gasteiger partial charge in [0, 0.05) is 28.7 Å². The molecule has 174 valence electrons. The molecule has 8 nitrogen and oxygen atoms in total. The van der Waals surface area contributed by atoms with Crippen molar-refractivity contribution in [2.75, 3.05) is 27.3 Å². The first-order valence-electron chi connectivity index (χ1n) is 10.3. The molecule has 0 unspecified atom stereocenters. The summed E-state index contributed by atoms with van der Waals surface area (Å²) in [7, 11) is 3.13. The Bertz CT molecular complexity index is 1160. The average Bonchev–Trinajstić information content (AvgIpc) is 3.00. The van der Waals surface area contributed by atoms with Gasteiger partial charge in [0.1, 0.15) is 12.1 Å².